The van der Waals surface area contributed by atoms with Crippen LogP contribution in [0.5, 0.6) is 5.75 Å². The summed E-state index contributed by atoms with van der Waals surface area (Å²) in [6, 6.07) is 4.28. The minimum Gasteiger partial charge on any atom is -0.496 e. The molecule has 5 rings (SSSR count). The zero-order chi connectivity index (χ0) is 24.0. The van der Waals surface area contributed by atoms with Crippen molar-refractivity contribution in [2.24, 2.45) is 0 Å². The van der Waals surface area contributed by atoms with E-state index >= 15 is 4.39 Å². The van der Waals surface area contributed by atoms with Crippen LogP contribution in [0.1, 0.15) is 0 Å². The van der Waals surface area contributed by atoms with Crippen molar-refractivity contribution in [1.82, 2.24) is 19.9 Å². The van der Waals surface area contributed by atoms with Crippen LogP contribution in [0.15, 0.2) is 37.2 Å². The van der Waals surface area contributed by atoms with E-state index in [1.54, 1.807) is 11.0 Å². The number of halogens is 2. The zero-order valence-electron chi connectivity index (χ0n) is 18.2. The van der Waals surface area contributed by atoms with Crippen molar-refractivity contribution in [3.05, 3.63) is 48.8 Å². The summed E-state index contributed by atoms with van der Waals surface area (Å²) in [5, 5.41) is 0.610. The fourth-order valence-electron chi connectivity index (χ4n) is 4.24. The first-order chi connectivity index (χ1) is 16.4. The van der Waals surface area contributed by atoms with Gasteiger partial charge in [-0.05, 0) is 24.3 Å². The van der Waals surface area contributed by atoms with E-state index in [1.807, 2.05) is 4.90 Å². The number of aromatic nitrogens is 3. The number of fused-ring (bicyclic) bond motifs is 2. The van der Waals surface area contributed by atoms with E-state index < -0.39 is 11.6 Å². The second-order valence-corrected chi connectivity index (χ2v) is 8.73. The van der Waals surface area contributed by atoms with Crippen LogP contribution < -0.4 is 15.4 Å². The Morgan fingerprint density at radius 3 is 2.65 bits per heavy atom. The number of methoxy groups -OCH3 is 1. The highest BCUT2D eigenvalue weighted by molar-refractivity contribution is 7.22. The molecule has 4 aromatic rings. The Hall–Kier alpha value is -3.86. The number of hydrogen-bond acceptors (Lipinski definition) is 8. The SMILES string of the molecule is C=CC(=O)N1CCN(c2ncnc3c(F)c(-c4ccc(F)c5sc(N)nc45)cc(OC)c23)CC1. The first-order valence-electron chi connectivity index (χ1n) is 10.4. The smallest absolute Gasteiger partial charge is 0.246 e. The highest BCUT2D eigenvalue weighted by Gasteiger charge is 2.26. The number of nitrogens with two attached hydrogens (primary N) is 1. The van der Waals surface area contributed by atoms with E-state index in [2.05, 4.69) is 21.5 Å². The van der Waals surface area contributed by atoms with Gasteiger partial charge in [-0.2, -0.15) is 0 Å². The molecule has 0 unspecified atom stereocenters. The maximum absolute atomic E-state index is 15.9. The first-order valence-corrected chi connectivity index (χ1v) is 11.3. The predicted octanol–water partition coefficient (Wildman–Crippen LogP) is 3.61. The minimum atomic E-state index is -0.598. The molecule has 0 spiro atoms. The minimum absolute atomic E-state index is 0.0737. The molecule has 3 heterocycles. The third-order valence-corrected chi connectivity index (χ3v) is 6.77. The molecule has 1 aliphatic heterocycles. The number of amides is 1. The second-order valence-electron chi connectivity index (χ2n) is 7.70. The lowest BCUT2D eigenvalue weighted by Crippen LogP contribution is -2.48. The molecule has 0 bridgehead atoms. The number of benzene rings is 2. The van der Waals surface area contributed by atoms with Crippen LogP contribution in [0.4, 0.5) is 19.7 Å². The number of carbonyl (C=O) groups is 1. The van der Waals surface area contributed by atoms with Crippen molar-refractivity contribution in [3.8, 4) is 16.9 Å². The number of anilines is 2. The van der Waals surface area contributed by atoms with E-state index in [-0.39, 0.29) is 32.3 Å². The second kappa shape index (κ2) is 8.49. The van der Waals surface area contributed by atoms with E-state index in [9.17, 15) is 9.18 Å². The molecule has 0 radical (unpaired) electrons. The van der Waals surface area contributed by atoms with Gasteiger partial charge in [0.1, 0.15) is 29.2 Å². The van der Waals surface area contributed by atoms with Crippen molar-refractivity contribution < 1.29 is 18.3 Å². The van der Waals surface area contributed by atoms with Crippen LogP contribution in [0.25, 0.3) is 32.2 Å². The van der Waals surface area contributed by atoms with Gasteiger partial charge < -0.3 is 20.3 Å². The average Bonchev–Trinajstić information content (AvgIpc) is 3.26. The van der Waals surface area contributed by atoms with Crippen molar-refractivity contribution in [3.63, 3.8) is 0 Å². The molecule has 2 N–H and O–H groups in total. The molecule has 1 fully saturated rings. The van der Waals surface area contributed by atoms with E-state index in [1.165, 1.54) is 31.6 Å². The van der Waals surface area contributed by atoms with Crippen molar-refractivity contribution in [1.29, 1.82) is 0 Å². The first kappa shape index (κ1) is 22.0. The van der Waals surface area contributed by atoms with Gasteiger partial charge in [-0.15, -0.1) is 0 Å². The summed E-state index contributed by atoms with van der Waals surface area (Å²) in [6.45, 7) is 5.52. The molecule has 1 saturated heterocycles. The lowest BCUT2D eigenvalue weighted by atomic mass is 10.0. The van der Waals surface area contributed by atoms with Gasteiger partial charge in [0, 0.05) is 37.3 Å². The quantitative estimate of drug-likeness (QED) is 0.444. The maximum Gasteiger partial charge on any atom is 0.246 e. The molecule has 8 nitrogen and oxygen atoms in total. The Morgan fingerprint density at radius 1 is 1.18 bits per heavy atom. The number of piperazine rings is 1. The predicted molar refractivity (Wildman–Crippen MR) is 128 cm³/mol. The van der Waals surface area contributed by atoms with E-state index in [4.69, 9.17) is 10.5 Å². The number of rotatable bonds is 4. The van der Waals surface area contributed by atoms with Crippen LogP contribution in [0.2, 0.25) is 0 Å². The molecular formula is C23H20F2N6O2S. The van der Waals surface area contributed by atoms with E-state index in [0.29, 0.717) is 48.7 Å². The number of hydrogen-bond donors (Lipinski definition) is 1. The van der Waals surface area contributed by atoms with Crippen molar-refractivity contribution in [2.75, 3.05) is 43.9 Å². The standard InChI is InChI=1S/C23H20F2N6O2S/c1-3-16(32)30-6-8-31(9-7-30)22-17-15(33-2)10-13(18(25)20(17)27-11-28-22)12-4-5-14(24)21-19(12)29-23(26)34-21/h3-5,10-11H,1,6-9H2,2H3,(H2,26,29). The molecule has 34 heavy (non-hydrogen) atoms. The Morgan fingerprint density at radius 2 is 1.94 bits per heavy atom. The molecule has 2 aromatic carbocycles. The monoisotopic (exact) mass is 482 g/mol. The number of nitrogen functional groups attached to an aromatic ring is 1. The summed E-state index contributed by atoms with van der Waals surface area (Å²) in [5.74, 6) is -0.319. The number of thiazole rings is 1. The normalized spacial score (nSPS) is 14.1. The van der Waals surface area contributed by atoms with Crippen LogP contribution in [0.3, 0.4) is 0 Å². The highest BCUT2D eigenvalue weighted by atomic mass is 32.1. The summed E-state index contributed by atoms with van der Waals surface area (Å²) in [5.41, 5.74) is 6.71. The van der Waals surface area contributed by atoms with Gasteiger partial charge >= 0.3 is 0 Å². The van der Waals surface area contributed by atoms with Gasteiger partial charge in [0.05, 0.1) is 22.7 Å². The van der Waals surface area contributed by atoms with Crippen LogP contribution in [-0.2, 0) is 4.79 Å². The molecule has 0 saturated carbocycles. The van der Waals surface area contributed by atoms with Gasteiger partial charge in [-0.25, -0.2) is 23.7 Å². The topological polar surface area (TPSA) is 97.5 Å². The molecule has 174 valence electrons. The van der Waals surface area contributed by atoms with Crippen molar-refractivity contribution >= 4 is 49.3 Å². The fraction of sp³-hybridized carbons (Fsp3) is 0.217. The lowest BCUT2D eigenvalue weighted by Gasteiger charge is -2.35. The number of ether oxygens (including phenoxy) is 1. The Bertz CT molecular complexity index is 1450. The van der Waals surface area contributed by atoms with Gasteiger partial charge in [-0.3, -0.25) is 4.79 Å². The van der Waals surface area contributed by atoms with Gasteiger partial charge in [0.2, 0.25) is 5.91 Å². The molecule has 0 aliphatic carbocycles. The Labute approximate surface area is 197 Å². The van der Waals surface area contributed by atoms with Crippen LogP contribution in [-0.4, -0.2) is 59.0 Å². The molecule has 0 atom stereocenters. The van der Waals surface area contributed by atoms with Gasteiger partial charge in [0.25, 0.3) is 0 Å². The summed E-state index contributed by atoms with van der Waals surface area (Å²) in [7, 11) is 1.48. The summed E-state index contributed by atoms with van der Waals surface area (Å²) in [4.78, 5) is 28.4. The van der Waals surface area contributed by atoms with Crippen LogP contribution in [0, 0.1) is 11.6 Å². The summed E-state index contributed by atoms with van der Waals surface area (Å²) < 4.78 is 36.1. The molecular weight excluding hydrogens is 462 g/mol. The van der Waals surface area contributed by atoms with Crippen LogP contribution >= 0.6 is 11.3 Å². The molecule has 1 amide bonds. The Kier molecular flexibility index (Phi) is 5.48. The molecule has 1 aliphatic rings. The van der Waals surface area contributed by atoms with Gasteiger partial charge in [0.15, 0.2) is 10.9 Å². The fourth-order valence-corrected chi connectivity index (χ4v) is 5.00. The summed E-state index contributed by atoms with van der Waals surface area (Å²) >= 11 is 1.00. The largest absolute Gasteiger partial charge is 0.496 e. The maximum atomic E-state index is 15.9. The molecule has 11 heteroatoms. The van der Waals surface area contributed by atoms with Gasteiger partial charge in [-0.1, -0.05) is 17.9 Å². The average molecular weight is 483 g/mol. The number of nitrogens with zero attached hydrogens (tertiary/aromatic N) is 5. The third kappa shape index (κ3) is 3.48. The lowest BCUT2D eigenvalue weighted by molar-refractivity contribution is -0.126. The third-order valence-electron chi connectivity index (χ3n) is 5.88. The highest BCUT2D eigenvalue weighted by Crippen LogP contribution is 2.42. The number of carbonyl (C=O) groups excluding carboxylic acids is 1. The van der Waals surface area contributed by atoms with E-state index in [0.717, 1.165) is 11.3 Å². The summed E-state index contributed by atoms with van der Waals surface area (Å²) in [6.07, 6.45) is 2.59. The molecule has 2 aromatic heterocycles. The zero-order valence-corrected chi connectivity index (χ0v) is 19.0. The van der Waals surface area contributed by atoms with Crippen molar-refractivity contribution in [2.45, 2.75) is 0 Å². The Balaban J connectivity index is 1.64.